The van der Waals surface area contributed by atoms with Gasteiger partial charge >= 0.3 is 0 Å². The summed E-state index contributed by atoms with van der Waals surface area (Å²) in [5.41, 5.74) is 0. The molecule has 9 nitrogen and oxygen atoms in total. The van der Waals surface area contributed by atoms with Crippen LogP contribution < -0.4 is 5.32 Å². The van der Waals surface area contributed by atoms with Crippen LogP contribution in [0.1, 0.15) is 12.8 Å². The average Bonchev–Trinajstić information content (AvgIpc) is 2.15. The molecule has 0 saturated carbocycles. The predicted molar refractivity (Wildman–Crippen MR) is 47.7 cm³/mol. The maximum atomic E-state index is 9.82. The van der Waals surface area contributed by atoms with Crippen LogP contribution in [0.2, 0.25) is 0 Å². The molecule has 0 bridgehead atoms. The van der Waals surface area contributed by atoms with E-state index in [1.165, 1.54) is 0 Å². The van der Waals surface area contributed by atoms with Gasteiger partial charge in [0.2, 0.25) is 0 Å². The average molecular weight is 223 g/mol. The van der Waals surface area contributed by atoms with Crippen molar-refractivity contribution in [1.82, 2.24) is 0 Å². The van der Waals surface area contributed by atoms with Gasteiger partial charge in [0.15, 0.2) is 0 Å². The fraction of sp³-hybridized carbons (Fsp3) is 1.00. The largest absolute Gasteiger partial charge is 0.356 e. The Morgan fingerprint density at radius 3 is 2.33 bits per heavy atom. The van der Waals surface area contributed by atoms with E-state index in [-0.39, 0.29) is 6.61 Å². The molecule has 1 heterocycles. The number of hydrogen-bond acceptors (Lipinski definition) is 6. The van der Waals surface area contributed by atoms with E-state index in [0.29, 0.717) is 5.92 Å². The van der Waals surface area contributed by atoms with Gasteiger partial charge in [-0.15, -0.1) is 10.1 Å². The van der Waals surface area contributed by atoms with E-state index < -0.39 is 10.2 Å². The Labute approximate surface area is 85.2 Å². The smallest absolute Gasteiger partial charge is 0.294 e. The highest BCUT2D eigenvalue weighted by atomic mass is 16.9. The fourth-order valence-corrected chi connectivity index (χ4v) is 1.34. The van der Waals surface area contributed by atoms with Crippen LogP contribution >= 0.6 is 0 Å². The normalized spacial score (nSPS) is 19.6. The highest BCUT2D eigenvalue weighted by molar-refractivity contribution is 4.57. The minimum atomic E-state index is -1.75. The van der Waals surface area contributed by atoms with Crippen LogP contribution in [-0.2, 0) is 4.84 Å². The zero-order valence-corrected chi connectivity index (χ0v) is 8.03. The topological polar surface area (TPSA) is 135 Å². The molecule has 0 aromatic heterocycles. The molecule has 15 heavy (non-hydrogen) atoms. The number of rotatable bonds is 3. The van der Waals surface area contributed by atoms with E-state index in [1.54, 1.807) is 0 Å². The fourth-order valence-electron chi connectivity index (χ4n) is 1.34. The zero-order valence-electron chi connectivity index (χ0n) is 8.03. The summed E-state index contributed by atoms with van der Waals surface area (Å²) >= 11 is 0. The Balaban J connectivity index is 0.000000423. The lowest BCUT2D eigenvalue weighted by Gasteiger charge is -2.18. The van der Waals surface area contributed by atoms with Gasteiger partial charge in [-0.2, -0.15) is 0 Å². The number of nitrogens with two attached hydrogens (primary N) is 1. The number of piperidine rings is 1. The molecule has 1 unspecified atom stereocenters. The van der Waals surface area contributed by atoms with Crippen molar-refractivity contribution >= 4 is 0 Å². The van der Waals surface area contributed by atoms with Gasteiger partial charge in [-0.3, -0.25) is 0 Å². The highest BCUT2D eigenvalue weighted by Gasteiger charge is 2.16. The Morgan fingerprint density at radius 1 is 1.33 bits per heavy atom. The third-order valence-corrected chi connectivity index (χ3v) is 1.94. The Kier molecular flexibility index (Phi) is 6.89. The molecular weight excluding hydrogens is 210 g/mol. The van der Waals surface area contributed by atoms with Crippen molar-refractivity contribution < 1.29 is 20.3 Å². The zero-order chi connectivity index (χ0) is 11.7. The van der Waals surface area contributed by atoms with E-state index in [1.807, 2.05) is 0 Å². The predicted octanol–water partition coefficient (Wildman–Crippen LogP) is -1.07. The second-order valence-corrected chi connectivity index (χ2v) is 3.06. The lowest BCUT2D eigenvalue weighted by atomic mass is 10.0. The minimum Gasteiger partial charge on any atom is -0.356 e. The summed E-state index contributed by atoms with van der Waals surface area (Å²) < 4.78 is 0. The molecule has 0 aromatic rings. The molecule has 0 spiro atoms. The molecule has 0 amide bonds. The third kappa shape index (κ3) is 10.3. The van der Waals surface area contributed by atoms with Crippen LogP contribution in [0.15, 0.2) is 0 Å². The van der Waals surface area contributed by atoms with Crippen molar-refractivity contribution in [2.45, 2.75) is 12.8 Å². The third-order valence-electron chi connectivity index (χ3n) is 1.94. The summed E-state index contributed by atoms with van der Waals surface area (Å²) in [5.74, 6) is 0.370. The quantitative estimate of drug-likeness (QED) is 0.478. The Morgan fingerprint density at radius 2 is 1.93 bits per heavy atom. The first-order valence-electron chi connectivity index (χ1n) is 4.43. The summed E-state index contributed by atoms with van der Waals surface area (Å²) in [4.78, 5) is 22.3. The molecule has 0 aromatic carbocycles. The monoisotopic (exact) mass is 223 g/mol. The summed E-state index contributed by atoms with van der Waals surface area (Å²) in [5, 5.41) is 26.0. The first-order valence-corrected chi connectivity index (χ1v) is 4.43. The first kappa shape index (κ1) is 13.4. The van der Waals surface area contributed by atoms with Gasteiger partial charge in [-0.1, -0.05) is 0 Å². The van der Waals surface area contributed by atoms with Crippen LogP contribution in [0.4, 0.5) is 0 Å². The van der Waals surface area contributed by atoms with Crippen LogP contribution in [-0.4, -0.2) is 29.9 Å². The standard InChI is InChI=1S/C6H12N2O3.NO3/c9-8(10)11-5-6-2-1-3-7-4-6;2-1(3)4/h6-7H,1-5H2;/q;-1/p+1. The van der Waals surface area contributed by atoms with E-state index in [0.717, 1.165) is 25.9 Å². The van der Waals surface area contributed by atoms with Gasteiger partial charge in [-0.05, 0) is 12.8 Å². The molecule has 1 fully saturated rings. The summed E-state index contributed by atoms with van der Waals surface area (Å²) in [7, 11) is 0. The molecule has 1 saturated heterocycles. The first-order chi connectivity index (χ1) is 7.02. The van der Waals surface area contributed by atoms with Crippen molar-refractivity contribution in [3.8, 4) is 0 Å². The number of hydrogen-bond donors (Lipinski definition) is 1. The molecular formula is C6H13N3O6. The molecule has 1 atom stereocenters. The van der Waals surface area contributed by atoms with E-state index >= 15 is 0 Å². The summed E-state index contributed by atoms with van der Waals surface area (Å²) in [6.45, 7) is 2.38. The molecule has 1 rings (SSSR count). The second kappa shape index (κ2) is 7.74. The molecule has 0 radical (unpaired) electrons. The van der Waals surface area contributed by atoms with Gasteiger partial charge in [0.25, 0.3) is 5.09 Å². The van der Waals surface area contributed by atoms with Gasteiger partial charge in [0.1, 0.15) is 6.61 Å². The molecule has 0 aliphatic carbocycles. The van der Waals surface area contributed by atoms with Crippen LogP contribution in [0.25, 0.3) is 0 Å². The van der Waals surface area contributed by atoms with Crippen LogP contribution in [0, 0.1) is 31.4 Å². The minimum absolute atomic E-state index is 0.267. The van der Waals surface area contributed by atoms with Gasteiger partial charge in [0, 0.05) is 5.92 Å². The van der Waals surface area contributed by atoms with E-state index in [4.69, 9.17) is 15.3 Å². The van der Waals surface area contributed by atoms with Crippen LogP contribution in [0.5, 0.6) is 0 Å². The second-order valence-electron chi connectivity index (χ2n) is 3.06. The molecule has 1 aliphatic heterocycles. The number of quaternary nitrogens is 1. The lowest BCUT2D eigenvalue weighted by Crippen LogP contribution is -2.87. The van der Waals surface area contributed by atoms with E-state index in [2.05, 4.69) is 10.2 Å². The molecule has 1 aliphatic rings. The maximum absolute atomic E-state index is 9.82. The Bertz CT molecular complexity index is 201. The van der Waals surface area contributed by atoms with Crippen LogP contribution in [0.3, 0.4) is 0 Å². The molecule has 2 N–H and O–H groups in total. The lowest BCUT2D eigenvalue weighted by molar-refractivity contribution is -0.762. The molecule has 9 heteroatoms. The summed E-state index contributed by atoms with van der Waals surface area (Å²) in [6, 6.07) is 0. The van der Waals surface area contributed by atoms with Crippen molar-refractivity contribution in [3.63, 3.8) is 0 Å². The maximum Gasteiger partial charge on any atom is 0.294 e. The molecule has 88 valence electrons. The number of nitrogens with zero attached hydrogens (tertiary/aromatic N) is 2. The SMILES string of the molecule is O=[N+]([O-])OCC1CCC[NH2+]C1.O=[N+]([O-])[O-]. The van der Waals surface area contributed by atoms with Crippen molar-refractivity contribution in [3.05, 3.63) is 25.4 Å². The van der Waals surface area contributed by atoms with Crippen molar-refractivity contribution in [1.29, 1.82) is 0 Å². The van der Waals surface area contributed by atoms with Gasteiger partial charge in [-0.25, -0.2) is 0 Å². The van der Waals surface area contributed by atoms with E-state index in [9.17, 15) is 10.1 Å². The summed E-state index contributed by atoms with van der Waals surface area (Å²) in [6.07, 6.45) is 2.20. The highest BCUT2D eigenvalue weighted by Crippen LogP contribution is 2.06. The van der Waals surface area contributed by atoms with Crippen molar-refractivity contribution in [2.24, 2.45) is 5.92 Å². The Hall–Kier alpha value is -1.64. The van der Waals surface area contributed by atoms with Gasteiger partial charge < -0.3 is 25.5 Å². The van der Waals surface area contributed by atoms with Crippen molar-refractivity contribution in [2.75, 3.05) is 19.7 Å². The van der Waals surface area contributed by atoms with Gasteiger partial charge in [0.05, 0.1) is 18.2 Å².